The number of nitrogens with one attached hydrogen (secondary N) is 1. The summed E-state index contributed by atoms with van der Waals surface area (Å²) in [5, 5.41) is 2.99. The Bertz CT molecular complexity index is 318. The van der Waals surface area contributed by atoms with Gasteiger partial charge in [0.1, 0.15) is 5.82 Å². The Morgan fingerprint density at radius 3 is 2.12 bits per heavy atom. The first-order valence-electron chi connectivity index (χ1n) is 5.65. The van der Waals surface area contributed by atoms with Crippen LogP contribution in [0.5, 0.6) is 0 Å². The van der Waals surface area contributed by atoms with Gasteiger partial charge in [0.15, 0.2) is 5.57 Å². The van der Waals surface area contributed by atoms with Crippen molar-refractivity contribution >= 4 is 11.9 Å². The van der Waals surface area contributed by atoms with Gasteiger partial charge in [-0.05, 0) is 13.8 Å². The second kappa shape index (κ2) is 6.12. The molecule has 0 bridgehead atoms. The SMILES string of the molecule is CCOC(=O)C(C(=O)OCC)=C1NCCN1C. The summed E-state index contributed by atoms with van der Waals surface area (Å²) in [4.78, 5) is 25.3. The Balaban J connectivity index is 3.01. The summed E-state index contributed by atoms with van der Waals surface area (Å²) in [6, 6.07) is 0. The molecule has 0 atom stereocenters. The molecule has 1 heterocycles. The smallest absolute Gasteiger partial charge is 0.349 e. The number of ether oxygens (including phenoxy) is 2. The molecule has 0 amide bonds. The fourth-order valence-corrected chi connectivity index (χ4v) is 1.55. The molecule has 17 heavy (non-hydrogen) atoms. The van der Waals surface area contributed by atoms with Gasteiger partial charge in [-0.1, -0.05) is 0 Å². The molecule has 0 radical (unpaired) electrons. The number of hydrogen-bond donors (Lipinski definition) is 1. The van der Waals surface area contributed by atoms with E-state index in [0.29, 0.717) is 12.4 Å². The Kier molecular flexibility index (Phi) is 4.81. The van der Waals surface area contributed by atoms with E-state index in [4.69, 9.17) is 9.47 Å². The van der Waals surface area contributed by atoms with Crippen molar-refractivity contribution in [2.45, 2.75) is 13.8 Å². The average molecular weight is 242 g/mol. The first kappa shape index (κ1) is 13.3. The highest BCUT2D eigenvalue weighted by atomic mass is 16.6. The summed E-state index contributed by atoms with van der Waals surface area (Å²) in [5.41, 5.74) is -0.0614. The maximum absolute atomic E-state index is 11.7. The molecule has 0 spiro atoms. The molecule has 1 aliphatic heterocycles. The van der Waals surface area contributed by atoms with Crippen molar-refractivity contribution in [2.24, 2.45) is 0 Å². The van der Waals surface area contributed by atoms with E-state index >= 15 is 0 Å². The highest BCUT2D eigenvalue weighted by Crippen LogP contribution is 2.13. The van der Waals surface area contributed by atoms with Gasteiger partial charge in [-0.3, -0.25) is 0 Å². The number of likely N-dealkylation sites (N-methyl/N-ethyl adjacent to an activating group) is 1. The molecule has 1 rings (SSSR count). The van der Waals surface area contributed by atoms with Gasteiger partial charge in [0.2, 0.25) is 0 Å². The molecule has 0 aromatic rings. The first-order chi connectivity index (χ1) is 8.11. The third-order valence-electron chi connectivity index (χ3n) is 2.32. The summed E-state index contributed by atoms with van der Waals surface area (Å²) >= 11 is 0. The van der Waals surface area contributed by atoms with E-state index in [9.17, 15) is 9.59 Å². The minimum Gasteiger partial charge on any atom is -0.462 e. The van der Waals surface area contributed by atoms with Crippen LogP contribution in [-0.4, -0.2) is 50.2 Å². The zero-order valence-electron chi connectivity index (χ0n) is 10.4. The molecule has 96 valence electrons. The molecule has 0 unspecified atom stereocenters. The minimum atomic E-state index is -0.651. The van der Waals surface area contributed by atoms with Crippen LogP contribution in [0.2, 0.25) is 0 Å². The predicted octanol–water partition coefficient (Wildman–Crippen LogP) is -0.141. The van der Waals surface area contributed by atoms with Crippen LogP contribution in [0.4, 0.5) is 0 Å². The van der Waals surface area contributed by atoms with Crippen LogP contribution in [0.25, 0.3) is 0 Å². The molecule has 1 N–H and O–H groups in total. The average Bonchev–Trinajstić information content (AvgIpc) is 2.66. The van der Waals surface area contributed by atoms with E-state index in [1.165, 1.54) is 0 Å². The van der Waals surface area contributed by atoms with Crippen LogP contribution in [0.15, 0.2) is 11.4 Å². The van der Waals surface area contributed by atoms with Crippen molar-refractivity contribution in [1.29, 1.82) is 0 Å². The van der Waals surface area contributed by atoms with Gasteiger partial charge in [0.05, 0.1) is 13.2 Å². The summed E-state index contributed by atoms with van der Waals surface area (Å²) in [6.45, 7) is 5.25. The van der Waals surface area contributed by atoms with Crippen LogP contribution in [0.3, 0.4) is 0 Å². The lowest BCUT2D eigenvalue weighted by molar-refractivity contribution is -0.146. The molecule has 0 aromatic carbocycles. The fraction of sp³-hybridized carbons (Fsp3) is 0.636. The normalized spacial score (nSPS) is 14.3. The Morgan fingerprint density at radius 2 is 1.76 bits per heavy atom. The van der Waals surface area contributed by atoms with Crippen molar-refractivity contribution in [3.63, 3.8) is 0 Å². The van der Waals surface area contributed by atoms with Crippen molar-refractivity contribution in [3.05, 3.63) is 11.4 Å². The van der Waals surface area contributed by atoms with E-state index in [0.717, 1.165) is 6.54 Å². The molecule has 0 saturated carbocycles. The summed E-state index contributed by atoms with van der Waals surface area (Å²) in [5.74, 6) is -0.827. The molecule has 6 heteroatoms. The van der Waals surface area contributed by atoms with Crippen LogP contribution in [0, 0.1) is 0 Å². The van der Waals surface area contributed by atoms with Crippen LogP contribution >= 0.6 is 0 Å². The zero-order chi connectivity index (χ0) is 12.8. The monoisotopic (exact) mass is 242 g/mol. The number of rotatable bonds is 4. The molecule has 6 nitrogen and oxygen atoms in total. The van der Waals surface area contributed by atoms with Crippen molar-refractivity contribution < 1.29 is 19.1 Å². The van der Waals surface area contributed by atoms with Crippen LogP contribution in [-0.2, 0) is 19.1 Å². The molecule has 1 aliphatic rings. The quantitative estimate of drug-likeness (QED) is 0.320. The summed E-state index contributed by atoms with van der Waals surface area (Å²) in [6.07, 6.45) is 0. The minimum absolute atomic E-state index is 0.0614. The van der Waals surface area contributed by atoms with Crippen LogP contribution in [0.1, 0.15) is 13.8 Å². The van der Waals surface area contributed by atoms with Crippen LogP contribution < -0.4 is 5.32 Å². The highest BCUT2D eigenvalue weighted by molar-refractivity contribution is 6.14. The largest absolute Gasteiger partial charge is 0.462 e. The Hall–Kier alpha value is -1.72. The number of nitrogens with zero attached hydrogens (tertiary/aromatic N) is 1. The standard InChI is InChI=1S/C11H18N2O4/c1-4-16-10(14)8(11(15)17-5-2)9-12-6-7-13(9)3/h12H,4-7H2,1-3H3. The third-order valence-corrected chi connectivity index (χ3v) is 2.32. The number of hydrogen-bond acceptors (Lipinski definition) is 6. The van der Waals surface area contributed by atoms with Crippen molar-refractivity contribution in [3.8, 4) is 0 Å². The van der Waals surface area contributed by atoms with Gasteiger partial charge in [-0.15, -0.1) is 0 Å². The maximum Gasteiger partial charge on any atom is 0.349 e. The Morgan fingerprint density at radius 1 is 1.24 bits per heavy atom. The van der Waals surface area contributed by atoms with Gasteiger partial charge in [0, 0.05) is 20.1 Å². The van der Waals surface area contributed by atoms with Crippen molar-refractivity contribution in [1.82, 2.24) is 10.2 Å². The number of carbonyl (C=O) groups is 2. The van der Waals surface area contributed by atoms with Gasteiger partial charge >= 0.3 is 11.9 Å². The molecular formula is C11H18N2O4. The van der Waals surface area contributed by atoms with Crippen molar-refractivity contribution in [2.75, 3.05) is 33.4 Å². The van der Waals surface area contributed by atoms with E-state index in [1.807, 2.05) is 0 Å². The molecule has 0 aromatic heterocycles. The summed E-state index contributed by atoms with van der Waals surface area (Å²) < 4.78 is 9.74. The van der Waals surface area contributed by atoms with E-state index < -0.39 is 11.9 Å². The zero-order valence-corrected chi connectivity index (χ0v) is 10.4. The Labute approximate surface area is 101 Å². The van der Waals surface area contributed by atoms with E-state index in [-0.39, 0.29) is 18.8 Å². The lowest BCUT2D eigenvalue weighted by Gasteiger charge is -2.15. The van der Waals surface area contributed by atoms with Gasteiger partial charge < -0.3 is 19.7 Å². The lowest BCUT2D eigenvalue weighted by Crippen LogP contribution is -2.27. The first-order valence-corrected chi connectivity index (χ1v) is 5.65. The van der Waals surface area contributed by atoms with Gasteiger partial charge in [-0.2, -0.15) is 0 Å². The van der Waals surface area contributed by atoms with Gasteiger partial charge in [-0.25, -0.2) is 9.59 Å². The molecule has 0 aliphatic carbocycles. The number of carbonyl (C=O) groups excluding carboxylic acids is 2. The third kappa shape index (κ3) is 3.12. The predicted molar refractivity (Wildman–Crippen MR) is 60.9 cm³/mol. The molecule has 1 fully saturated rings. The highest BCUT2D eigenvalue weighted by Gasteiger charge is 2.30. The van der Waals surface area contributed by atoms with E-state index in [2.05, 4.69) is 5.32 Å². The maximum atomic E-state index is 11.7. The molecule has 1 saturated heterocycles. The van der Waals surface area contributed by atoms with E-state index in [1.54, 1.807) is 25.8 Å². The topological polar surface area (TPSA) is 67.9 Å². The second-order valence-corrected chi connectivity index (χ2v) is 3.51. The fourth-order valence-electron chi connectivity index (χ4n) is 1.55. The molecular weight excluding hydrogens is 224 g/mol. The summed E-state index contributed by atoms with van der Waals surface area (Å²) in [7, 11) is 1.80. The number of esters is 2. The lowest BCUT2D eigenvalue weighted by atomic mass is 10.2. The van der Waals surface area contributed by atoms with Gasteiger partial charge in [0.25, 0.3) is 0 Å². The second-order valence-electron chi connectivity index (χ2n) is 3.51.